The van der Waals surface area contributed by atoms with Gasteiger partial charge in [0.25, 0.3) is 0 Å². The standard InChI is InChI=1S/C9H13FN2O2S/c1-2-8-11-9(15(10,13)14)6-12(8)5-7-3-4-7/h6-7H,2-5H2,1H3. The quantitative estimate of drug-likeness (QED) is 0.739. The Balaban J connectivity index is 2.31. The Morgan fingerprint density at radius 2 is 2.27 bits per heavy atom. The summed E-state index contributed by atoms with van der Waals surface area (Å²) in [5.74, 6) is 1.25. The Bertz CT molecular complexity index is 462. The molecule has 0 bridgehead atoms. The molecule has 1 heterocycles. The predicted octanol–water partition coefficient (Wildman–Crippen LogP) is 1.51. The van der Waals surface area contributed by atoms with Gasteiger partial charge in [-0.25, -0.2) is 4.98 Å². The number of imidazole rings is 1. The summed E-state index contributed by atoms with van der Waals surface area (Å²) in [5, 5.41) is -0.458. The summed E-state index contributed by atoms with van der Waals surface area (Å²) in [7, 11) is -4.66. The third kappa shape index (κ3) is 2.37. The zero-order valence-corrected chi connectivity index (χ0v) is 9.30. The van der Waals surface area contributed by atoms with E-state index >= 15 is 0 Å². The molecular weight excluding hydrogens is 219 g/mol. The predicted molar refractivity (Wildman–Crippen MR) is 52.6 cm³/mol. The summed E-state index contributed by atoms with van der Waals surface area (Å²) >= 11 is 0. The molecule has 1 aromatic rings. The molecule has 0 spiro atoms. The van der Waals surface area contributed by atoms with Crippen LogP contribution in [0.15, 0.2) is 11.2 Å². The molecule has 0 radical (unpaired) electrons. The summed E-state index contributed by atoms with van der Waals surface area (Å²) in [6, 6.07) is 0. The minimum Gasteiger partial charge on any atom is -0.333 e. The second kappa shape index (κ2) is 3.59. The lowest BCUT2D eigenvalue weighted by atomic mass is 10.4. The van der Waals surface area contributed by atoms with Crippen molar-refractivity contribution in [1.29, 1.82) is 0 Å². The topological polar surface area (TPSA) is 52.0 Å². The molecule has 1 saturated carbocycles. The summed E-state index contributed by atoms with van der Waals surface area (Å²) < 4.78 is 35.8. The van der Waals surface area contributed by atoms with Gasteiger partial charge in [-0.05, 0) is 18.8 Å². The third-order valence-electron chi connectivity index (χ3n) is 2.55. The lowest BCUT2D eigenvalue weighted by Gasteiger charge is -2.03. The number of halogens is 1. The van der Waals surface area contributed by atoms with Crippen LogP contribution in [0.5, 0.6) is 0 Å². The third-order valence-corrected chi connectivity index (χ3v) is 3.25. The van der Waals surface area contributed by atoms with Gasteiger partial charge in [-0.3, -0.25) is 0 Å². The van der Waals surface area contributed by atoms with Crippen LogP contribution in [0.3, 0.4) is 0 Å². The molecule has 15 heavy (non-hydrogen) atoms. The van der Waals surface area contributed by atoms with Crippen LogP contribution in [0, 0.1) is 5.92 Å². The van der Waals surface area contributed by atoms with Crippen LogP contribution in [0.2, 0.25) is 0 Å². The maximum Gasteiger partial charge on any atom is 0.351 e. The van der Waals surface area contributed by atoms with Crippen LogP contribution in [-0.4, -0.2) is 18.0 Å². The van der Waals surface area contributed by atoms with Crippen molar-refractivity contribution in [3.05, 3.63) is 12.0 Å². The molecule has 0 aliphatic heterocycles. The van der Waals surface area contributed by atoms with E-state index in [-0.39, 0.29) is 0 Å². The first-order chi connectivity index (χ1) is 7.00. The van der Waals surface area contributed by atoms with Crippen molar-refractivity contribution in [3.63, 3.8) is 0 Å². The number of hydrogen-bond acceptors (Lipinski definition) is 3. The molecular formula is C9H13FN2O2S. The molecule has 0 unspecified atom stereocenters. The van der Waals surface area contributed by atoms with E-state index in [2.05, 4.69) is 4.98 Å². The molecule has 84 valence electrons. The molecule has 1 aromatic heterocycles. The zero-order valence-electron chi connectivity index (χ0n) is 8.48. The average molecular weight is 232 g/mol. The maximum absolute atomic E-state index is 12.7. The number of hydrogen-bond donors (Lipinski definition) is 0. The average Bonchev–Trinajstić information content (AvgIpc) is 2.82. The van der Waals surface area contributed by atoms with Gasteiger partial charge < -0.3 is 4.57 Å². The monoisotopic (exact) mass is 232 g/mol. The van der Waals surface area contributed by atoms with Gasteiger partial charge in [-0.15, -0.1) is 0 Å². The molecule has 6 heteroatoms. The smallest absolute Gasteiger partial charge is 0.333 e. The van der Waals surface area contributed by atoms with Crippen LogP contribution < -0.4 is 0 Å². The van der Waals surface area contributed by atoms with Gasteiger partial charge in [0, 0.05) is 19.2 Å². The number of rotatable bonds is 4. The van der Waals surface area contributed by atoms with E-state index in [0.29, 0.717) is 18.2 Å². The fourth-order valence-corrected chi connectivity index (χ4v) is 2.03. The van der Waals surface area contributed by atoms with Crippen molar-refractivity contribution in [2.24, 2.45) is 5.92 Å². The van der Waals surface area contributed by atoms with E-state index in [9.17, 15) is 12.3 Å². The Morgan fingerprint density at radius 1 is 1.60 bits per heavy atom. The number of aryl methyl sites for hydroxylation is 1. The fraction of sp³-hybridized carbons (Fsp3) is 0.667. The summed E-state index contributed by atoms with van der Waals surface area (Å²) in [4.78, 5) is 3.78. The molecule has 0 saturated heterocycles. The van der Waals surface area contributed by atoms with Gasteiger partial charge in [0.2, 0.25) is 5.03 Å². The molecule has 0 aromatic carbocycles. The zero-order chi connectivity index (χ0) is 11.1. The van der Waals surface area contributed by atoms with Gasteiger partial charge in [-0.2, -0.15) is 8.42 Å². The molecule has 1 fully saturated rings. The van der Waals surface area contributed by atoms with Crippen molar-refractivity contribution >= 4 is 10.2 Å². The summed E-state index contributed by atoms with van der Waals surface area (Å²) in [6.07, 6.45) is 4.24. The first-order valence-electron chi connectivity index (χ1n) is 5.01. The van der Waals surface area contributed by atoms with Crippen LogP contribution in [0.25, 0.3) is 0 Å². The minimum absolute atomic E-state index is 0.458. The first-order valence-corrected chi connectivity index (χ1v) is 6.39. The molecule has 0 N–H and O–H groups in total. The van der Waals surface area contributed by atoms with Gasteiger partial charge in [0.1, 0.15) is 5.82 Å². The Morgan fingerprint density at radius 3 is 2.73 bits per heavy atom. The highest BCUT2D eigenvalue weighted by molar-refractivity contribution is 7.86. The lowest BCUT2D eigenvalue weighted by molar-refractivity contribution is 0.548. The van der Waals surface area contributed by atoms with Gasteiger partial charge >= 0.3 is 10.2 Å². The van der Waals surface area contributed by atoms with Crippen LogP contribution in [0.4, 0.5) is 3.89 Å². The van der Waals surface area contributed by atoms with Crippen LogP contribution in [0.1, 0.15) is 25.6 Å². The maximum atomic E-state index is 12.7. The second-order valence-corrected chi connectivity index (χ2v) is 5.18. The molecule has 1 aliphatic carbocycles. The molecule has 2 rings (SSSR count). The highest BCUT2D eigenvalue weighted by atomic mass is 32.3. The largest absolute Gasteiger partial charge is 0.351 e. The van der Waals surface area contributed by atoms with Crippen molar-refractivity contribution in [3.8, 4) is 0 Å². The van der Waals surface area contributed by atoms with E-state index in [1.165, 1.54) is 19.0 Å². The van der Waals surface area contributed by atoms with Crippen molar-refractivity contribution in [2.75, 3.05) is 0 Å². The van der Waals surface area contributed by atoms with Gasteiger partial charge in [0.05, 0.1) is 0 Å². The molecule has 4 nitrogen and oxygen atoms in total. The van der Waals surface area contributed by atoms with Crippen LogP contribution >= 0.6 is 0 Å². The summed E-state index contributed by atoms with van der Waals surface area (Å²) in [5.41, 5.74) is 0. The van der Waals surface area contributed by atoms with Crippen LogP contribution in [-0.2, 0) is 23.2 Å². The molecule has 0 amide bonds. The highest BCUT2D eigenvalue weighted by Crippen LogP contribution is 2.31. The Kier molecular flexibility index (Phi) is 2.54. The van der Waals surface area contributed by atoms with E-state index in [4.69, 9.17) is 0 Å². The van der Waals surface area contributed by atoms with E-state index < -0.39 is 15.2 Å². The van der Waals surface area contributed by atoms with E-state index in [1.54, 1.807) is 4.57 Å². The van der Waals surface area contributed by atoms with Crippen molar-refractivity contribution < 1.29 is 12.3 Å². The van der Waals surface area contributed by atoms with Crippen molar-refractivity contribution in [1.82, 2.24) is 9.55 Å². The minimum atomic E-state index is -4.66. The van der Waals surface area contributed by atoms with Crippen molar-refractivity contribution in [2.45, 2.75) is 37.8 Å². The SMILES string of the molecule is CCc1nc(S(=O)(=O)F)cn1CC1CC1. The van der Waals surface area contributed by atoms with Gasteiger partial charge in [0.15, 0.2) is 0 Å². The highest BCUT2D eigenvalue weighted by Gasteiger charge is 2.25. The molecule has 1 aliphatic rings. The number of nitrogens with zero attached hydrogens (tertiary/aromatic N) is 2. The van der Waals surface area contributed by atoms with E-state index in [1.807, 2.05) is 6.92 Å². The molecule has 0 atom stereocenters. The number of aromatic nitrogens is 2. The van der Waals surface area contributed by atoms with Gasteiger partial charge in [-0.1, -0.05) is 10.8 Å². The Hall–Kier alpha value is -0.910. The van der Waals surface area contributed by atoms with E-state index in [0.717, 1.165) is 6.54 Å². The second-order valence-electron chi connectivity index (χ2n) is 3.88. The summed E-state index contributed by atoms with van der Waals surface area (Å²) in [6.45, 7) is 2.63. The normalized spacial score (nSPS) is 16.9. The lowest BCUT2D eigenvalue weighted by Crippen LogP contribution is -2.02. The first kappa shape index (κ1) is 10.6. The fourth-order valence-electron chi connectivity index (χ4n) is 1.56. The Labute approximate surface area is 88.3 Å².